The van der Waals surface area contributed by atoms with Crippen molar-refractivity contribution in [3.05, 3.63) is 144 Å². The zero-order valence-electron chi connectivity index (χ0n) is 29.0. The van der Waals surface area contributed by atoms with Crippen molar-refractivity contribution in [1.82, 2.24) is 0 Å². The molecule has 0 radical (unpaired) electrons. The molecule has 0 aliphatic carbocycles. The molecule has 0 aromatic heterocycles. The highest BCUT2D eigenvalue weighted by molar-refractivity contribution is 5.15. The van der Waals surface area contributed by atoms with Crippen molar-refractivity contribution in [3.63, 3.8) is 0 Å². The van der Waals surface area contributed by atoms with Crippen LogP contribution in [0.5, 0.6) is 0 Å². The first kappa shape index (κ1) is 37.8. The van der Waals surface area contributed by atoms with Crippen LogP contribution in [0.15, 0.2) is 121 Å². The highest BCUT2D eigenvalue weighted by atomic mass is 16.7. The van der Waals surface area contributed by atoms with Crippen LogP contribution < -0.4 is 0 Å². The van der Waals surface area contributed by atoms with Crippen LogP contribution in [0.3, 0.4) is 0 Å². The molecule has 4 aromatic rings. The molecule has 1 aliphatic rings. The fourth-order valence-corrected chi connectivity index (χ4v) is 5.40. The largest absolute Gasteiger partial charge is 0.376 e. The fraction of sp³-hybridized carbons (Fsp3) is 0.429. The van der Waals surface area contributed by atoms with E-state index in [4.69, 9.17) is 37.9 Å². The monoisotopic (exact) mass is 684 g/mol. The molecule has 4 unspecified atom stereocenters. The average Bonchev–Trinajstić information content (AvgIpc) is 3.18. The predicted octanol–water partition coefficient (Wildman–Crippen LogP) is 7.54. The minimum Gasteiger partial charge on any atom is -0.376 e. The van der Waals surface area contributed by atoms with Crippen LogP contribution in [-0.2, 0) is 64.3 Å². The number of ether oxygens (including phenoxy) is 8. The molecular formula is C42H52O8. The Kier molecular flexibility index (Phi) is 17.5. The number of hydrogen-bond donors (Lipinski definition) is 0. The molecule has 0 N–H and O–H groups in total. The van der Waals surface area contributed by atoms with Gasteiger partial charge in [0.2, 0.25) is 0 Å². The predicted molar refractivity (Wildman–Crippen MR) is 192 cm³/mol. The molecule has 4 aromatic carbocycles. The van der Waals surface area contributed by atoms with Gasteiger partial charge in [0, 0.05) is 6.61 Å². The normalized spacial score (nSPS) is 16.5. The van der Waals surface area contributed by atoms with Crippen molar-refractivity contribution in [2.45, 2.75) is 70.3 Å². The summed E-state index contributed by atoms with van der Waals surface area (Å²) in [7, 11) is 0. The molecule has 4 atom stereocenters. The topological polar surface area (TPSA) is 73.8 Å². The molecule has 268 valence electrons. The van der Waals surface area contributed by atoms with Crippen molar-refractivity contribution in [1.29, 1.82) is 0 Å². The van der Waals surface area contributed by atoms with Crippen molar-refractivity contribution in [3.8, 4) is 0 Å². The average molecular weight is 685 g/mol. The van der Waals surface area contributed by atoms with E-state index in [2.05, 4.69) is 48.5 Å². The van der Waals surface area contributed by atoms with Gasteiger partial charge in [0.1, 0.15) is 18.3 Å². The van der Waals surface area contributed by atoms with Gasteiger partial charge in [0.05, 0.1) is 66.1 Å². The van der Waals surface area contributed by atoms with Crippen LogP contribution in [0, 0.1) is 0 Å². The third-order valence-corrected chi connectivity index (χ3v) is 8.22. The summed E-state index contributed by atoms with van der Waals surface area (Å²) in [6, 6.07) is 40.5. The molecule has 0 saturated carbocycles. The maximum atomic E-state index is 6.33. The second-order valence-electron chi connectivity index (χ2n) is 12.5. The van der Waals surface area contributed by atoms with Crippen LogP contribution in [0.25, 0.3) is 0 Å². The van der Waals surface area contributed by atoms with E-state index in [1.54, 1.807) is 0 Å². The maximum Gasteiger partial charge on any atom is 0.157 e. The molecule has 1 aliphatic heterocycles. The van der Waals surface area contributed by atoms with Gasteiger partial charge < -0.3 is 37.9 Å². The Hall–Kier alpha value is -3.44. The van der Waals surface area contributed by atoms with Gasteiger partial charge in [-0.25, -0.2) is 0 Å². The van der Waals surface area contributed by atoms with Gasteiger partial charge in [-0.1, -0.05) is 121 Å². The van der Waals surface area contributed by atoms with Gasteiger partial charge in [-0.15, -0.1) is 0 Å². The smallest absolute Gasteiger partial charge is 0.157 e. The molecule has 0 amide bonds. The van der Waals surface area contributed by atoms with Gasteiger partial charge in [0.25, 0.3) is 0 Å². The molecule has 8 heteroatoms. The Bertz CT molecular complexity index is 1390. The summed E-state index contributed by atoms with van der Waals surface area (Å²) in [4.78, 5) is 0. The summed E-state index contributed by atoms with van der Waals surface area (Å²) in [5.41, 5.74) is 4.40. The zero-order valence-corrected chi connectivity index (χ0v) is 29.0. The number of rotatable bonds is 24. The summed E-state index contributed by atoms with van der Waals surface area (Å²) in [5.74, 6) is 0. The summed E-state index contributed by atoms with van der Waals surface area (Å²) < 4.78 is 49.3. The molecule has 1 heterocycles. The van der Waals surface area contributed by atoms with Gasteiger partial charge in [-0.2, -0.15) is 0 Å². The molecule has 1 saturated heterocycles. The van der Waals surface area contributed by atoms with E-state index in [-0.39, 0.29) is 24.6 Å². The summed E-state index contributed by atoms with van der Waals surface area (Å²) in [5, 5.41) is 0. The van der Waals surface area contributed by atoms with Gasteiger partial charge in [-0.3, -0.25) is 0 Å². The molecule has 0 bridgehead atoms. The molecular weight excluding hydrogens is 632 g/mol. The zero-order chi connectivity index (χ0) is 34.3. The Balaban J connectivity index is 1.14. The third kappa shape index (κ3) is 15.2. The van der Waals surface area contributed by atoms with Gasteiger partial charge in [-0.05, 0) is 41.5 Å². The number of hydrogen-bond acceptors (Lipinski definition) is 8. The van der Waals surface area contributed by atoms with E-state index in [9.17, 15) is 0 Å². The molecule has 5 rings (SSSR count). The van der Waals surface area contributed by atoms with Crippen LogP contribution in [-0.4, -0.2) is 70.9 Å². The second-order valence-corrected chi connectivity index (χ2v) is 12.5. The first-order valence-corrected chi connectivity index (χ1v) is 17.8. The SMILES string of the molecule is c1ccc(COCC(COCC(COCC(COC2CCCCO2)OCc2ccccc2)OCc2ccccc2)OCc2ccccc2)cc1. The lowest BCUT2D eigenvalue weighted by Crippen LogP contribution is -2.34. The molecule has 0 spiro atoms. The lowest BCUT2D eigenvalue weighted by atomic mass is 10.2. The van der Waals surface area contributed by atoms with Gasteiger partial charge >= 0.3 is 0 Å². The van der Waals surface area contributed by atoms with E-state index < -0.39 is 0 Å². The van der Waals surface area contributed by atoms with Crippen LogP contribution in [0.2, 0.25) is 0 Å². The summed E-state index contributed by atoms with van der Waals surface area (Å²) >= 11 is 0. The van der Waals surface area contributed by atoms with Gasteiger partial charge in [0.15, 0.2) is 6.29 Å². The minimum absolute atomic E-state index is 0.198. The van der Waals surface area contributed by atoms with Crippen LogP contribution >= 0.6 is 0 Å². The lowest BCUT2D eigenvalue weighted by Gasteiger charge is -2.26. The first-order valence-electron chi connectivity index (χ1n) is 17.8. The Morgan fingerprint density at radius 2 is 0.820 bits per heavy atom. The van der Waals surface area contributed by atoms with E-state index in [1.165, 1.54) is 0 Å². The Labute approximate surface area is 297 Å². The number of benzene rings is 4. The van der Waals surface area contributed by atoms with E-state index in [0.29, 0.717) is 66.1 Å². The highest BCUT2D eigenvalue weighted by Gasteiger charge is 2.20. The quantitative estimate of drug-likeness (QED) is 0.0750. The van der Waals surface area contributed by atoms with Crippen molar-refractivity contribution >= 4 is 0 Å². The van der Waals surface area contributed by atoms with E-state index >= 15 is 0 Å². The highest BCUT2D eigenvalue weighted by Crippen LogP contribution is 2.16. The fourth-order valence-electron chi connectivity index (χ4n) is 5.40. The van der Waals surface area contributed by atoms with Crippen molar-refractivity contribution in [2.24, 2.45) is 0 Å². The maximum absolute atomic E-state index is 6.33. The van der Waals surface area contributed by atoms with Crippen LogP contribution in [0.4, 0.5) is 0 Å². The molecule has 1 fully saturated rings. The second kappa shape index (κ2) is 23.1. The standard InChI is InChI=1S/C42H52O8/c1-5-15-35(16-6-1)25-43-29-39(47-26-36-17-7-2-8-18-36)30-44-31-40(48-27-37-19-9-3-10-20-37)32-45-33-41(34-50-42-23-13-14-24-46-42)49-28-38-21-11-4-12-22-38/h1-12,15-22,39-42H,13-14,23-34H2. The lowest BCUT2D eigenvalue weighted by molar-refractivity contribution is -0.187. The summed E-state index contributed by atoms with van der Waals surface area (Å²) in [6.07, 6.45) is 2.03. The van der Waals surface area contributed by atoms with Crippen molar-refractivity contribution < 1.29 is 37.9 Å². The Morgan fingerprint density at radius 1 is 0.440 bits per heavy atom. The minimum atomic E-state index is -0.312. The molecule has 8 nitrogen and oxygen atoms in total. The summed E-state index contributed by atoms with van der Waals surface area (Å²) in [6.45, 7) is 4.77. The first-order chi connectivity index (χ1) is 24.8. The Morgan fingerprint density at radius 3 is 1.22 bits per heavy atom. The van der Waals surface area contributed by atoms with Crippen molar-refractivity contribution in [2.75, 3.05) is 46.2 Å². The van der Waals surface area contributed by atoms with Crippen LogP contribution in [0.1, 0.15) is 41.5 Å². The van der Waals surface area contributed by atoms with E-state index in [1.807, 2.05) is 72.8 Å². The third-order valence-electron chi connectivity index (χ3n) is 8.22. The van der Waals surface area contributed by atoms with E-state index in [0.717, 1.165) is 48.1 Å². The molecule has 50 heavy (non-hydrogen) atoms.